The fraction of sp³-hybridized carbons (Fsp3) is 0.818. The average molecular weight is 214 g/mol. The summed E-state index contributed by atoms with van der Waals surface area (Å²) in [6, 6.07) is 0. The van der Waals surface area contributed by atoms with Gasteiger partial charge >= 0.3 is 11.9 Å². The van der Waals surface area contributed by atoms with Gasteiger partial charge in [0.2, 0.25) is 0 Å². The molecule has 2 atom stereocenters. The topological polar surface area (TPSA) is 52.6 Å². The monoisotopic (exact) mass is 214 g/mol. The van der Waals surface area contributed by atoms with Crippen molar-refractivity contribution in [3.63, 3.8) is 0 Å². The van der Waals surface area contributed by atoms with Gasteiger partial charge in [-0.2, -0.15) is 0 Å². The number of ether oxygens (including phenoxy) is 2. The Morgan fingerprint density at radius 2 is 1.40 bits per heavy atom. The summed E-state index contributed by atoms with van der Waals surface area (Å²) in [7, 11) is 0. The maximum atomic E-state index is 11.1. The highest BCUT2D eigenvalue weighted by atomic mass is 16.6. The van der Waals surface area contributed by atoms with E-state index in [1.807, 2.05) is 0 Å². The zero-order valence-electron chi connectivity index (χ0n) is 9.32. The van der Waals surface area contributed by atoms with Crippen LogP contribution in [0.15, 0.2) is 0 Å². The molecule has 86 valence electrons. The van der Waals surface area contributed by atoms with Crippen molar-refractivity contribution in [2.45, 2.75) is 58.2 Å². The molecule has 1 fully saturated rings. The first-order chi connectivity index (χ1) is 7.17. The maximum absolute atomic E-state index is 11.1. The molecule has 0 aromatic rings. The van der Waals surface area contributed by atoms with Gasteiger partial charge in [-0.1, -0.05) is 13.8 Å². The van der Waals surface area contributed by atoms with E-state index >= 15 is 0 Å². The first kappa shape index (κ1) is 12.0. The Hall–Kier alpha value is -1.06. The molecule has 2 unspecified atom stereocenters. The molecule has 0 radical (unpaired) electrons. The minimum atomic E-state index is -0.229. The molecule has 0 amide bonds. The van der Waals surface area contributed by atoms with Crippen LogP contribution in [-0.2, 0) is 19.1 Å². The van der Waals surface area contributed by atoms with Gasteiger partial charge in [-0.05, 0) is 19.3 Å². The first-order valence-electron chi connectivity index (χ1n) is 5.56. The van der Waals surface area contributed by atoms with Crippen LogP contribution < -0.4 is 0 Å². The third-order valence-corrected chi connectivity index (χ3v) is 2.53. The number of carbonyl (C=O) groups excluding carboxylic acids is 2. The molecule has 0 N–H and O–H groups in total. The molecule has 4 nitrogen and oxygen atoms in total. The van der Waals surface area contributed by atoms with Crippen molar-refractivity contribution in [3.05, 3.63) is 0 Å². The molecule has 0 bridgehead atoms. The number of hydrogen-bond donors (Lipinski definition) is 0. The van der Waals surface area contributed by atoms with Crippen LogP contribution in [0.1, 0.15) is 46.0 Å². The summed E-state index contributed by atoms with van der Waals surface area (Å²) in [5.41, 5.74) is 0. The van der Waals surface area contributed by atoms with Crippen LogP contribution in [0, 0.1) is 0 Å². The molecule has 1 saturated carbocycles. The van der Waals surface area contributed by atoms with Crippen LogP contribution >= 0.6 is 0 Å². The fourth-order valence-corrected chi connectivity index (χ4v) is 1.67. The lowest BCUT2D eigenvalue weighted by Crippen LogP contribution is -2.30. The Balaban J connectivity index is 2.42. The molecular weight excluding hydrogens is 196 g/mol. The van der Waals surface area contributed by atoms with E-state index in [0.29, 0.717) is 12.8 Å². The van der Waals surface area contributed by atoms with Crippen LogP contribution in [0.3, 0.4) is 0 Å². The summed E-state index contributed by atoms with van der Waals surface area (Å²) in [4.78, 5) is 22.2. The van der Waals surface area contributed by atoms with Crippen molar-refractivity contribution in [1.29, 1.82) is 0 Å². The van der Waals surface area contributed by atoms with E-state index in [4.69, 9.17) is 9.47 Å². The Morgan fingerprint density at radius 3 is 1.73 bits per heavy atom. The highest BCUT2D eigenvalue weighted by Gasteiger charge is 2.32. The van der Waals surface area contributed by atoms with Gasteiger partial charge in [0.25, 0.3) is 0 Å². The Morgan fingerprint density at radius 1 is 1.00 bits per heavy atom. The van der Waals surface area contributed by atoms with Crippen molar-refractivity contribution in [3.8, 4) is 0 Å². The van der Waals surface area contributed by atoms with Crippen LogP contribution in [-0.4, -0.2) is 24.1 Å². The quantitative estimate of drug-likeness (QED) is 0.670. The second-order valence-electron chi connectivity index (χ2n) is 3.69. The second kappa shape index (κ2) is 5.73. The molecule has 0 saturated heterocycles. The Bertz CT molecular complexity index is 213. The van der Waals surface area contributed by atoms with Crippen molar-refractivity contribution < 1.29 is 19.1 Å². The lowest BCUT2D eigenvalue weighted by molar-refractivity contribution is -0.164. The van der Waals surface area contributed by atoms with E-state index in [2.05, 4.69) is 0 Å². The van der Waals surface area contributed by atoms with Gasteiger partial charge in [0.1, 0.15) is 12.2 Å². The molecule has 15 heavy (non-hydrogen) atoms. The third-order valence-electron chi connectivity index (χ3n) is 2.53. The van der Waals surface area contributed by atoms with E-state index < -0.39 is 0 Å². The Labute approximate surface area is 89.9 Å². The van der Waals surface area contributed by atoms with Crippen LogP contribution in [0.2, 0.25) is 0 Å². The highest BCUT2D eigenvalue weighted by Crippen LogP contribution is 2.25. The molecule has 0 spiro atoms. The predicted octanol–water partition coefficient (Wildman–Crippen LogP) is 1.81. The summed E-state index contributed by atoms with van der Waals surface area (Å²) in [6.45, 7) is 3.51. The summed E-state index contributed by atoms with van der Waals surface area (Å²) in [6.07, 6.45) is 2.82. The molecule has 0 aliphatic heterocycles. The van der Waals surface area contributed by atoms with Gasteiger partial charge < -0.3 is 9.47 Å². The third kappa shape index (κ3) is 3.53. The lowest BCUT2D eigenvalue weighted by atomic mass is 10.2. The molecule has 1 aliphatic carbocycles. The summed E-state index contributed by atoms with van der Waals surface area (Å²) in [5.74, 6) is -0.445. The molecule has 0 aromatic carbocycles. The normalized spacial score (nSPS) is 24.9. The second-order valence-corrected chi connectivity index (χ2v) is 3.69. The molecule has 4 heteroatoms. The summed E-state index contributed by atoms with van der Waals surface area (Å²) >= 11 is 0. The van der Waals surface area contributed by atoms with Crippen LogP contribution in [0.5, 0.6) is 0 Å². The van der Waals surface area contributed by atoms with E-state index in [0.717, 1.165) is 19.3 Å². The van der Waals surface area contributed by atoms with Crippen molar-refractivity contribution in [1.82, 2.24) is 0 Å². The van der Waals surface area contributed by atoms with Crippen molar-refractivity contribution >= 4 is 11.9 Å². The highest BCUT2D eigenvalue weighted by molar-refractivity contribution is 5.70. The summed E-state index contributed by atoms with van der Waals surface area (Å²) in [5, 5.41) is 0. The SMILES string of the molecule is CCC(=O)OC1CCCC1OC(=O)CC. The number of esters is 2. The van der Waals surface area contributed by atoms with Crippen molar-refractivity contribution in [2.24, 2.45) is 0 Å². The van der Waals surface area contributed by atoms with Gasteiger partial charge in [-0.15, -0.1) is 0 Å². The lowest BCUT2D eigenvalue weighted by Gasteiger charge is -2.19. The van der Waals surface area contributed by atoms with E-state index in [1.54, 1.807) is 13.8 Å². The maximum Gasteiger partial charge on any atom is 0.305 e. The van der Waals surface area contributed by atoms with Gasteiger partial charge in [0, 0.05) is 12.8 Å². The van der Waals surface area contributed by atoms with E-state index in [-0.39, 0.29) is 24.1 Å². The van der Waals surface area contributed by atoms with E-state index in [9.17, 15) is 9.59 Å². The first-order valence-corrected chi connectivity index (χ1v) is 5.56. The predicted molar refractivity (Wildman–Crippen MR) is 54.2 cm³/mol. The van der Waals surface area contributed by atoms with Gasteiger partial charge in [-0.3, -0.25) is 9.59 Å². The molecular formula is C11H18O4. The largest absolute Gasteiger partial charge is 0.458 e. The Kier molecular flexibility index (Phi) is 4.59. The van der Waals surface area contributed by atoms with Gasteiger partial charge in [0.15, 0.2) is 0 Å². The molecule has 0 aromatic heterocycles. The summed E-state index contributed by atoms with van der Waals surface area (Å²) < 4.78 is 10.4. The number of rotatable bonds is 4. The van der Waals surface area contributed by atoms with Crippen LogP contribution in [0.25, 0.3) is 0 Å². The number of carbonyl (C=O) groups is 2. The van der Waals surface area contributed by atoms with E-state index in [1.165, 1.54) is 0 Å². The standard InChI is InChI=1S/C11H18O4/c1-3-10(12)14-8-6-5-7-9(8)15-11(13)4-2/h8-9H,3-7H2,1-2H3. The van der Waals surface area contributed by atoms with Crippen molar-refractivity contribution in [2.75, 3.05) is 0 Å². The number of hydrogen-bond acceptors (Lipinski definition) is 4. The zero-order chi connectivity index (χ0) is 11.3. The fourth-order valence-electron chi connectivity index (χ4n) is 1.67. The van der Waals surface area contributed by atoms with Gasteiger partial charge in [-0.25, -0.2) is 0 Å². The molecule has 1 aliphatic rings. The zero-order valence-corrected chi connectivity index (χ0v) is 9.32. The molecule has 0 heterocycles. The minimum absolute atomic E-state index is 0.223. The minimum Gasteiger partial charge on any atom is -0.458 e. The van der Waals surface area contributed by atoms with Crippen LogP contribution in [0.4, 0.5) is 0 Å². The molecule has 1 rings (SSSR count). The smallest absolute Gasteiger partial charge is 0.305 e. The average Bonchev–Trinajstić information content (AvgIpc) is 2.65. The van der Waals surface area contributed by atoms with Gasteiger partial charge in [0.05, 0.1) is 0 Å².